The van der Waals surface area contributed by atoms with Crippen molar-refractivity contribution in [3.05, 3.63) is 53.5 Å². The van der Waals surface area contributed by atoms with Crippen LogP contribution in [0.4, 0.5) is 24.7 Å². The third-order valence-electron chi connectivity index (χ3n) is 4.01. The van der Waals surface area contributed by atoms with E-state index in [1.54, 1.807) is 18.3 Å². The smallest absolute Gasteiger partial charge is 0.259 e. The average molecular weight is 335 g/mol. The van der Waals surface area contributed by atoms with Gasteiger partial charge in [0.15, 0.2) is 17.5 Å². The van der Waals surface area contributed by atoms with Crippen LogP contribution in [-0.2, 0) is 0 Å². The molecule has 3 rings (SSSR count). The van der Waals surface area contributed by atoms with Crippen molar-refractivity contribution in [3.8, 4) is 0 Å². The van der Waals surface area contributed by atoms with Crippen molar-refractivity contribution in [2.75, 3.05) is 10.6 Å². The molecule has 1 aromatic carbocycles. The molecule has 4 nitrogen and oxygen atoms in total. The Kier molecular flexibility index (Phi) is 4.69. The van der Waals surface area contributed by atoms with Gasteiger partial charge >= 0.3 is 0 Å². The molecule has 1 aliphatic carbocycles. The highest BCUT2D eigenvalue weighted by molar-refractivity contribution is 6.04. The lowest BCUT2D eigenvalue weighted by atomic mass is 10.2. The van der Waals surface area contributed by atoms with Crippen LogP contribution in [0.5, 0.6) is 0 Å². The van der Waals surface area contributed by atoms with Crippen LogP contribution in [0.1, 0.15) is 36.0 Å². The number of benzene rings is 1. The Balaban J connectivity index is 1.67. The second kappa shape index (κ2) is 6.90. The number of anilines is 2. The summed E-state index contributed by atoms with van der Waals surface area (Å²) < 4.78 is 39.7. The Hall–Kier alpha value is -2.57. The fraction of sp³-hybridized carbons (Fsp3) is 0.294. The maximum absolute atomic E-state index is 13.6. The molecule has 1 fully saturated rings. The average Bonchev–Trinajstić information content (AvgIpc) is 3.07. The van der Waals surface area contributed by atoms with Crippen molar-refractivity contribution in [1.82, 2.24) is 4.98 Å². The fourth-order valence-electron chi connectivity index (χ4n) is 2.74. The lowest BCUT2D eigenvalue weighted by molar-refractivity contribution is 0.102. The molecule has 0 unspecified atom stereocenters. The zero-order valence-corrected chi connectivity index (χ0v) is 12.8. The van der Waals surface area contributed by atoms with Gasteiger partial charge in [0.1, 0.15) is 5.82 Å². The van der Waals surface area contributed by atoms with Crippen LogP contribution in [0, 0.1) is 17.5 Å². The van der Waals surface area contributed by atoms with E-state index < -0.39 is 28.9 Å². The minimum absolute atomic E-state index is 0.195. The van der Waals surface area contributed by atoms with Crippen molar-refractivity contribution >= 4 is 17.4 Å². The number of hydrogen-bond donors (Lipinski definition) is 2. The molecule has 0 aliphatic heterocycles. The number of carbonyl (C=O) groups is 1. The summed E-state index contributed by atoms with van der Waals surface area (Å²) in [5, 5.41) is 5.71. The zero-order valence-electron chi connectivity index (χ0n) is 12.8. The van der Waals surface area contributed by atoms with Gasteiger partial charge in [-0.3, -0.25) is 4.79 Å². The van der Waals surface area contributed by atoms with E-state index in [1.807, 2.05) is 0 Å². The largest absolute Gasteiger partial charge is 0.381 e. The van der Waals surface area contributed by atoms with Gasteiger partial charge in [-0.1, -0.05) is 12.8 Å². The van der Waals surface area contributed by atoms with Crippen LogP contribution < -0.4 is 10.6 Å². The number of amides is 1. The summed E-state index contributed by atoms with van der Waals surface area (Å²) in [5.74, 6) is -5.24. The van der Waals surface area contributed by atoms with Gasteiger partial charge in [0, 0.05) is 6.04 Å². The highest BCUT2D eigenvalue weighted by Gasteiger charge is 2.19. The quantitative estimate of drug-likeness (QED) is 0.827. The van der Waals surface area contributed by atoms with Gasteiger partial charge in [-0.05, 0) is 37.1 Å². The van der Waals surface area contributed by atoms with Crippen LogP contribution in [0.3, 0.4) is 0 Å². The summed E-state index contributed by atoms with van der Waals surface area (Å²) in [4.78, 5) is 16.0. The summed E-state index contributed by atoms with van der Waals surface area (Å²) in [6.45, 7) is 0. The van der Waals surface area contributed by atoms with Gasteiger partial charge in [-0.2, -0.15) is 0 Å². The van der Waals surface area contributed by atoms with Crippen LogP contribution in [0.2, 0.25) is 0 Å². The standard InChI is InChI=1S/C17H16F3N3O/c18-13-7-6-12(15(19)16(13)20)17(24)23-14-8-5-11(9-21-14)22-10-3-1-2-4-10/h5-10,22H,1-4H2,(H,21,23,24). The van der Waals surface area contributed by atoms with E-state index in [1.165, 1.54) is 12.8 Å². The highest BCUT2D eigenvalue weighted by Crippen LogP contribution is 2.22. The summed E-state index contributed by atoms with van der Waals surface area (Å²) in [7, 11) is 0. The van der Waals surface area contributed by atoms with Gasteiger partial charge in [-0.25, -0.2) is 18.2 Å². The molecule has 0 atom stereocenters. The molecule has 2 aromatic rings. The Morgan fingerprint density at radius 3 is 2.46 bits per heavy atom. The van der Waals surface area contributed by atoms with E-state index in [0.29, 0.717) is 12.1 Å². The molecule has 1 amide bonds. The van der Waals surface area contributed by atoms with Crippen LogP contribution in [0.25, 0.3) is 0 Å². The number of carbonyl (C=O) groups excluding carboxylic acids is 1. The molecule has 1 aliphatic rings. The van der Waals surface area contributed by atoms with E-state index in [0.717, 1.165) is 24.6 Å². The molecule has 0 radical (unpaired) electrons. The predicted octanol–water partition coefficient (Wildman–Crippen LogP) is 4.11. The molecule has 0 bridgehead atoms. The Labute approximate surface area is 137 Å². The van der Waals surface area contributed by atoms with Gasteiger partial charge in [0.25, 0.3) is 5.91 Å². The first-order valence-electron chi connectivity index (χ1n) is 7.72. The normalized spacial score (nSPS) is 14.6. The number of rotatable bonds is 4. The monoisotopic (exact) mass is 335 g/mol. The van der Waals surface area contributed by atoms with E-state index >= 15 is 0 Å². The summed E-state index contributed by atoms with van der Waals surface area (Å²) >= 11 is 0. The van der Waals surface area contributed by atoms with E-state index in [4.69, 9.17) is 0 Å². The first-order chi connectivity index (χ1) is 11.5. The Morgan fingerprint density at radius 1 is 1.04 bits per heavy atom. The van der Waals surface area contributed by atoms with Gasteiger partial charge in [0.05, 0.1) is 17.4 Å². The SMILES string of the molecule is O=C(Nc1ccc(NC2CCCC2)cn1)c1ccc(F)c(F)c1F. The van der Waals surface area contributed by atoms with E-state index in [9.17, 15) is 18.0 Å². The van der Waals surface area contributed by atoms with Gasteiger partial charge < -0.3 is 10.6 Å². The van der Waals surface area contributed by atoms with Gasteiger partial charge in [-0.15, -0.1) is 0 Å². The molecule has 1 aromatic heterocycles. The minimum Gasteiger partial charge on any atom is -0.381 e. The van der Waals surface area contributed by atoms with E-state index in [2.05, 4.69) is 15.6 Å². The lowest BCUT2D eigenvalue weighted by Crippen LogP contribution is -2.17. The number of nitrogens with one attached hydrogen (secondary N) is 2. The number of pyridine rings is 1. The number of aromatic nitrogens is 1. The second-order valence-corrected chi connectivity index (χ2v) is 5.73. The molecule has 7 heteroatoms. The van der Waals surface area contributed by atoms with Crippen LogP contribution in [-0.4, -0.2) is 16.9 Å². The van der Waals surface area contributed by atoms with Crippen molar-refractivity contribution in [3.63, 3.8) is 0 Å². The maximum atomic E-state index is 13.6. The van der Waals surface area contributed by atoms with Crippen LogP contribution >= 0.6 is 0 Å². The molecular formula is C17H16F3N3O. The Bertz CT molecular complexity index is 743. The third-order valence-corrected chi connectivity index (χ3v) is 4.01. The van der Waals surface area contributed by atoms with Crippen molar-refractivity contribution in [2.45, 2.75) is 31.7 Å². The van der Waals surface area contributed by atoms with Gasteiger partial charge in [0.2, 0.25) is 0 Å². The summed E-state index contributed by atoms with van der Waals surface area (Å²) in [6.07, 6.45) is 6.22. The summed E-state index contributed by atoms with van der Waals surface area (Å²) in [6, 6.07) is 5.34. The molecule has 24 heavy (non-hydrogen) atoms. The van der Waals surface area contributed by atoms with Crippen molar-refractivity contribution < 1.29 is 18.0 Å². The predicted molar refractivity (Wildman–Crippen MR) is 84.4 cm³/mol. The first kappa shape index (κ1) is 16.3. The lowest BCUT2D eigenvalue weighted by Gasteiger charge is -2.13. The summed E-state index contributed by atoms with van der Waals surface area (Å²) in [5.41, 5.74) is 0.253. The topological polar surface area (TPSA) is 54.0 Å². The highest BCUT2D eigenvalue weighted by atomic mass is 19.2. The Morgan fingerprint density at radius 2 is 1.79 bits per heavy atom. The number of nitrogens with zero attached hydrogens (tertiary/aromatic N) is 1. The minimum atomic E-state index is -1.67. The zero-order chi connectivity index (χ0) is 17.1. The molecule has 126 valence electrons. The molecule has 1 saturated carbocycles. The molecular weight excluding hydrogens is 319 g/mol. The molecule has 0 saturated heterocycles. The van der Waals surface area contributed by atoms with Crippen molar-refractivity contribution in [2.24, 2.45) is 0 Å². The maximum Gasteiger partial charge on any atom is 0.259 e. The first-order valence-corrected chi connectivity index (χ1v) is 7.72. The molecule has 1 heterocycles. The molecule has 2 N–H and O–H groups in total. The number of hydrogen-bond acceptors (Lipinski definition) is 3. The molecule has 0 spiro atoms. The van der Waals surface area contributed by atoms with E-state index in [-0.39, 0.29) is 5.82 Å². The third kappa shape index (κ3) is 3.50. The fourth-order valence-corrected chi connectivity index (χ4v) is 2.74. The van der Waals surface area contributed by atoms with Crippen molar-refractivity contribution in [1.29, 1.82) is 0 Å². The van der Waals surface area contributed by atoms with Crippen LogP contribution in [0.15, 0.2) is 30.5 Å². The number of halogens is 3. The second-order valence-electron chi connectivity index (χ2n) is 5.73.